The molecule has 0 aliphatic carbocycles. The summed E-state index contributed by atoms with van der Waals surface area (Å²) in [6.45, 7) is -1.52. The highest BCUT2D eigenvalue weighted by Gasteiger charge is 2.34. The van der Waals surface area contributed by atoms with E-state index in [2.05, 4.69) is 0 Å². The lowest BCUT2D eigenvalue weighted by Crippen LogP contribution is -2.55. The Kier molecular flexibility index (Phi) is 3.65. The van der Waals surface area contributed by atoms with Gasteiger partial charge in [0.1, 0.15) is 11.9 Å². The van der Waals surface area contributed by atoms with E-state index in [1.807, 2.05) is 0 Å². The number of anilines is 1. The van der Waals surface area contributed by atoms with Gasteiger partial charge in [0.05, 0.1) is 13.1 Å². The summed E-state index contributed by atoms with van der Waals surface area (Å²) < 4.78 is 44.2. The van der Waals surface area contributed by atoms with Crippen LogP contribution < -0.4 is 10.5 Å². The number of carboxylic acid groups (broad SMARTS) is 1. The molecule has 1 fully saturated rings. The van der Waals surface area contributed by atoms with Crippen LogP contribution in [-0.2, 0) is 5.92 Å². The zero-order valence-electron chi connectivity index (χ0n) is 10.4. The van der Waals surface area contributed by atoms with Gasteiger partial charge in [-0.25, -0.2) is 9.18 Å². The van der Waals surface area contributed by atoms with Gasteiger partial charge in [0.2, 0.25) is 0 Å². The second-order valence-corrected chi connectivity index (χ2v) is 4.56. The number of nitrogen functional groups attached to an aromatic ring is 1. The van der Waals surface area contributed by atoms with Crippen LogP contribution in [0.5, 0.6) is 5.75 Å². The first-order chi connectivity index (χ1) is 9.31. The molecule has 8 heteroatoms. The van der Waals surface area contributed by atoms with Crippen LogP contribution in [0.25, 0.3) is 0 Å². The van der Waals surface area contributed by atoms with E-state index in [1.165, 1.54) is 6.07 Å². The van der Waals surface area contributed by atoms with Gasteiger partial charge in [-0.05, 0) is 12.1 Å². The molecule has 0 atom stereocenters. The fraction of sp³-hybridized carbons (Fsp3) is 0.417. The van der Waals surface area contributed by atoms with Crippen molar-refractivity contribution in [1.29, 1.82) is 0 Å². The van der Waals surface area contributed by atoms with Gasteiger partial charge in [-0.15, -0.1) is 0 Å². The normalized spacial score (nSPS) is 15.8. The first-order valence-electron chi connectivity index (χ1n) is 5.81. The van der Waals surface area contributed by atoms with E-state index in [4.69, 9.17) is 15.6 Å². The Morgan fingerprint density at radius 1 is 1.45 bits per heavy atom. The number of nitrogens with zero attached hydrogens (tertiary/aromatic N) is 1. The number of ether oxygens (including phenoxy) is 1. The van der Waals surface area contributed by atoms with Gasteiger partial charge < -0.3 is 20.5 Å². The fourth-order valence-electron chi connectivity index (χ4n) is 1.84. The quantitative estimate of drug-likeness (QED) is 0.832. The van der Waals surface area contributed by atoms with Crippen LogP contribution in [-0.4, -0.2) is 42.0 Å². The van der Waals surface area contributed by atoms with Gasteiger partial charge in [-0.1, -0.05) is 0 Å². The number of likely N-dealkylation sites (tertiary alicyclic amines) is 1. The number of amides is 1. The lowest BCUT2D eigenvalue weighted by Gasteiger charge is -2.36. The van der Waals surface area contributed by atoms with Gasteiger partial charge >= 0.3 is 12.0 Å². The zero-order chi connectivity index (χ0) is 14.9. The number of nitrogens with two attached hydrogens (primary N) is 1. The topological polar surface area (TPSA) is 75.8 Å². The van der Waals surface area contributed by atoms with Gasteiger partial charge in [0.15, 0.2) is 6.67 Å². The van der Waals surface area contributed by atoms with Crippen LogP contribution in [0, 0.1) is 0 Å². The molecule has 0 radical (unpaired) electrons. The van der Waals surface area contributed by atoms with Crippen LogP contribution >= 0.6 is 0 Å². The van der Waals surface area contributed by atoms with Crippen LogP contribution in [0.3, 0.4) is 0 Å². The molecule has 1 heterocycles. The summed E-state index contributed by atoms with van der Waals surface area (Å²) >= 11 is 0. The second kappa shape index (κ2) is 5.10. The highest BCUT2D eigenvalue weighted by atomic mass is 19.3. The van der Waals surface area contributed by atoms with Crippen LogP contribution in [0.2, 0.25) is 0 Å². The summed E-state index contributed by atoms with van der Waals surface area (Å²) in [7, 11) is 0. The SMILES string of the molecule is Nc1cc(OC2CN(C(=O)O)C2)cc(C(F)(F)CF)c1. The van der Waals surface area contributed by atoms with Crippen molar-refractivity contribution in [3.8, 4) is 5.75 Å². The lowest BCUT2D eigenvalue weighted by atomic mass is 10.1. The largest absolute Gasteiger partial charge is 0.487 e. The average molecular weight is 290 g/mol. The molecule has 3 N–H and O–H groups in total. The second-order valence-electron chi connectivity index (χ2n) is 4.56. The first-order valence-corrected chi connectivity index (χ1v) is 5.81. The monoisotopic (exact) mass is 290 g/mol. The number of hydrogen-bond acceptors (Lipinski definition) is 3. The number of carbonyl (C=O) groups is 1. The molecule has 5 nitrogen and oxygen atoms in total. The predicted molar refractivity (Wildman–Crippen MR) is 64.7 cm³/mol. The van der Waals surface area contributed by atoms with Crippen LogP contribution in [0.1, 0.15) is 5.56 Å². The van der Waals surface area contributed by atoms with E-state index < -0.39 is 30.4 Å². The smallest absolute Gasteiger partial charge is 0.407 e. The summed E-state index contributed by atoms with van der Waals surface area (Å²) in [4.78, 5) is 11.7. The molecule has 0 unspecified atom stereocenters. The number of alkyl halides is 3. The van der Waals surface area contributed by atoms with Gasteiger partial charge in [-0.2, -0.15) is 8.78 Å². The Morgan fingerprint density at radius 2 is 2.10 bits per heavy atom. The van der Waals surface area contributed by atoms with Crippen molar-refractivity contribution < 1.29 is 27.8 Å². The molecule has 1 aromatic carbocycles. The summed E-state index contributed by atoms with van der Waals surface area (Å²) in [5.74, 6) is -3.55. The third-order valence-electron chi connectivity index (χ3n) is 2.94. The number of halogens is 3. The van der Waals surface area contributed by atoms with Gasteiger partial charge in [0.25, 0.3) is 0 Å². The Labute approximate surface area is 112 Å². The summed E-state index contributed by atoms with van der Waals surface area (Å²) in [5, 5.41) is 8.65. The third kappa shape index (κ3) is 2.89. The zero-order valence-corrected chi connectivity index (χ0v) is 10.4. The van der Waals surface area contributed by atoms with E-state index in [-0.39, 0.29) is 24.5 Å². The minimum absolute atomic E-state index is 0.0278. The minimum atomic E-state index is -3.62. The van der Waals surface area contributed by atoms with Crippen molar-refractivity contribution in [1.82, 2.24) is 4.90 Å². The van der Waals surface area contributed by atoms with Crippen molar-refractivity contribution in [2.75, 3.05) is 25.5 Å². The fourth-order valence-corrected chi connectivity index (χ4v) is 1.84. The van der Waals surface area contributed by atoms with Crippen LogP contribution in [0.4, 0.5) is 23.7 Å². The molecule has 1 saturated heterocycles. The molecule has 1 aliphatic heterocycles. The standard InChI is InChI=1S/C12H13F3N2O3/c13-6-12(14,15)7-1-8(16)3-9(2-7)20-10-4-17(5-10)11(18)19/h1-3,10H,4-6,16H2,(H,18,19). The Balaban J connectivity index is 2.08. The molecule has 1 amide bonds. The molecule has 0 saturated carbocycles. The summed E-state index contributed by atoms with van der Waals surface area (Å²) in [6, 6.07) is 3.33. The number of rotatable bonds is 4. The molecular weight excluding hydrogens is 277 g/mol. The highest BCUT2D eigenvalue weighted by molar-refractivity contribution is 5.66. The Hall–Kier alpha value is -2.12. The van der Waals surface area contributed by atoms with Gasteiger partial charge in [0, 0.05) is 17.3 Å². The maximum Gasteiger partial charge on any atom is 0.407 e. The maximum absolute atomic E-state index is 13.3. The highest BCUT2D eigenvalue weighted by Crippen LogP contribution is 2.33. The first kappa shape index (κ1) is 14.3. The van der Waals surface area contributed by atoms with E-state index >= 15 is 0 Å². The maximum atomic E-state index is 13.3. The molecule has 1 aliphatic rings. The van der Waals surface area contributed by atoms with Crippen molar-refractivity contribution >= 4 is 11.8 Å². The number of benzene rings is 1. The van der Waals surface area contributed by atoms with Crippen molar-refractivity contribution in [3.63, 3.8) is 0 Å². The van der Waals surface area contributed by atoms with E-state index in [1.54, 1.807) is 0 Å². The molecule has 1 aromatic rings. The molecular formula is C12H13F3N2O3. The lowest BCUT2D eigenvalue weighted by molar-refractivity contribution is -0.0285. The molecule has 2 rings (SSSR count). The molecule has 110 valence electrons. The van der Waals surface area contributed by atoms with E-state index in [0.29, 0.717) is 0 Å². The average Bonchev–Trinajstić information content (AvgIpc) is 2.32. The van der Waals surface area contributed by atoms with Crippen molar-refractivity contribution in [3.05, 3.63) is 23.8 Å². The summed E-state index contributed by atoms with van der Waals surface area (Å²) in [6.07, 6.45) is -1.48. The molecule has 0 aromatic heterocycles. The van der Waals surface area contributed by atoms with E-state index in [9.17, 15) is 18.0 Å². The molecule has 0 spiro atoms. The van der Waals surface area contributed by atoms with Crippen molar-refractivity contribution in [2.45, 2.75) is 12.0 Å². The molecule has 0 bridgehead atoms. The predicted octanol–water partition coefficient (Wildman–Crippen LogP) is 2.07. The minimum Gasteiger partial charge on any atom is -0.487 e. The van der Waals surface area contributed by atoms with E-state index in [0.717, 1.165) is 17.0 Å². The number of hydrogen-bond donors (Lipinski definition) is 2. The van der Waals surface area contributed by atoms with Crippen LogP contribution in [0.15, 0.2) is 18.2 Å². The van der Waals surface area contributed by atoms with Gasteiger partial charge in [-0.3, -0.25) is 0 Å². The Bertz CT molecular complexity index is 519. The summed E-state index contributed by atoms with van der Waals surface area (Å²) in [5.41, 5.74) is 4.94. The molecule has 20 heavy (non-hydrogen) atoms. The van der Waals surface area contributed by atoms with Crippen molar-refractivity contribution in [2.24, 2.45) is 0 Å². The Morgan fingerprint density at radius 3 is 2.65 bits per heavy atom. The third-order valence-corrected chi connectivity index (χ3v) is 2.94.